The van der Waals surface area contributed by atoms with Gasteiger partial charge < -0.3 is 9.84 Å². The van der Waals surface area contributed by atoms with Crippen molar-refractivity contribution in [2.24, 2.45) is 5.41 Å². The molecule has 0 aromatic carbocycles. The van der Waals surface area contributed by atoms with E-state index in [1.165, 1.54) is 18.3 Å². The van der Waals surface area contributed by atoms with E-state index in [1.54, 1.807) is 6.92 Å². The van der Waals surface area contributed by atoms with Crippen molar-refractivity contribution < 1.29 is 19.4 Å². The smallest absolute Gasteiger partial charge is 0.323 e. The third kappa shape index (κ3) is 2.61. The first-order valence-corrected chi connectivity index (χ1v) is 5.81. The van der Waals surface area contributed by atoms with Gasteiger partial charge in [-0.05, 0) is 25.3 Å². The Balaban J connectivity index is 2.88. The Morgan fingerprint density at radius 2 is 2.25 bits per heavy atom. The van der Waals surface area contributed by atoms with Crippen molar-refractivity contribution in [3.8, 4) is 0 Å². The number of aliphatic carboxylic acids is 1. The van der Waals surface area contributed by atoms with Crippen molar-refractivity contribution in [3.05, 3.63) is 22.4 Å². The molecule has 1 N–H and O–H groups in total. The van der Waals surface area contributed by atoms with Gasteiger partial charge in [0.05, 0.1) is 6.61 Å². The third-order valence-electron chi connectivity index (χ3n) is 2.31. The highest BCUT2D eigenvalue weighted by molar-refractivity contribution is 7.09. The van der Waals surface area contributed by atoms with Crippen LogP contribution < -0.4 is 0 Å². The van der Waals surface area contributed by atoms with E-state index in [1.807, 2.05) is 17.5 Å². The lowest BCUT2D eigenvalue weighted by molar-refractivity contribution is -0.167. The molecule has 1 unspecified atom stereocenters. The quantitative estimate of drug-likeness (QED) is 0.633. The summed E-state index contributed by atoms with van der Waals surface area (Å²) < 4.78 is 4.80. The molecule has 0 bridgehead atoms. The van der Waals surface area contributed by atoms with Crippen molar-refractivity contribution >= 4 is 23.3 Å². The van der Waals surface area contributed by atoms with E-state index in [2.05, 4.69) is 0 Å². The van der Waals surface area contributed by atoms with E-state index in [0.717, 1.165) is 4.88 Å². The number of carbonyl (C=O) groups is 2. The van der Waals surface area contributed by atoms with Gasteiger partial charge in [0.2, 0.25) is 0 Å². The van der Waals surface area contributed by atoms with Gasteiger partial charge in [0.25, 0.3) is 0 Å². The molecule has 1 rings (SSSR count). The van der Waals surface area contributed by atoms with Crippen molar-refractivity contribution in [3.63, 3.8) is 0 Å². The van der Waals surface area contributed by atoms with Crippen LogP contribution >= 0.6 is 11.3 Å². The van der Waals surface area contributed by atoms with Crippen LogP contribution in [0, 0.1) is 5.41 Å². The Morgan fingerprint density at radius 1 is 1.56 bits per heavy atom. The Bertz CT molecular complexity index is 371. The number of carboxylic acid groups (broad SMARTS) is 1. The summed E-state index contributed by atoms with van der Waals surface area (Å²) in [6.45, 7) is 3.24. The van der Waals surface area contributed by atoms with Gasteiger partial charge in [-0.25, -0.2) is 0 Å². The van der Waals surface area contributed by atoms with Crippen molar-refractivity contribution in [2.45, 2.75) is 20.3 Å². The molecule has 1 heterocycles. The summed E-state index contributed by atoms with van der Waals surface area (Å²) in [4.78, 5) is 23.7. The molecule has 0 aliphatic heterocycles. The van der Waals surface area contributed by atoms with Gasteiger partial charge in [-0.3, -0.25) is 9.59 Å². The summed E-state index contributed by atoms with van der Waals surface area (Å²) in [5, 5.41) is 11.0. The predicted octanol–water partition coefficient (Wildman–Crippen LogP) is 1.94. The fourth-order valence-corrected chi connectivity index (χ4v) is 2.15. The van der Waals surface area contributed by atoms with Crippen LogP contribution in [0.15, 0.2) is 17.5 Å². The fourth-order valence-electron chi connectivity index (χ4n) is 1.29. The summed E-state index contributed by atoms with van der Waals surface area (Å²) >= 11 is 1.43. The number of thiophene rings is 1. The zero-order valence-electron chi connectivity index (χ0n) is 9.23. The first-order valence-electron chi connectivity index (χ1n) is 4.93. The average molecular weight is 242 g/mol. The van der Waals surface area contributed by atoms with Crippen LogP contribution in [0.25, 0.3) is 0 Å². The monoisotopic (exact) mass is 242 g/mol. The van der Waals surface area contributed by atoms with Gasteiger partial charge in [-0.1, -0.05) is 6.07 Å². The minimum Gasteiger partial charge on any atom is -0.480 e. The number of esters is 1. The average Bonchev–Trinajstić information content (AvgIpc) is 2.70. The lowest BCUT2D eigenvalue weighted by Crippen LogP contribution is -2.39. The Morgan fingerprint density at radius 3 is 2.69 bits per heavy atom. The van der Waals surface area contributed by atoms with Gasteiger partial charge >= 0.3 is 11.9 Å². The molecule has 88 valence electrons. The molecule has 4 nitrogen and oxygen atoms in total. The van der Waals surface area contributed by atoms with Crippen LogP contribution in [0.5, 0.6) is 0 Å². The second kappa shape index (κ2) is 5.12. The minimum absolute atomic E-state index is 0.166. The van der Waals surface area contributed by atoms with Gasteiger partial charge in [-0.15, -0.1) is 11.3 Å². The van der Waals surface area contributed by atoms with Crippen LogP contribution in [-0.2, 0) is 20.7 Å². The second-order valence-corrected chi connectivity index (χ2v) is 4.65. The molecular formula is C11H14O4S. The molecule has 0 saturated heterocycles. The molecule has 0 fully saturated rings. The molecule has 5 heteroatoms. The highest BCUT2D eigenvalue weighted by Gasteiger charge is 2.43. The summed E-state index contributed by atoms with van der Waals surface area (Å²) in [5.74, 6) is -1.84. The number of hydrogen-bond donors (Lipinski definition) is 1. The Labute approximate surface area is 97.9 Å². The summed E-state index contributed by atoms with van der Waals surface area (Å²) in [7, 11) is 0. The molecule has 0 aliphatic rings. The summed E-state index contributed by atoms with van der Waals surface area (Å²) in [6, 6.07) is 3.64. The highest BCUT2D eigenvalue weighted by atomic mass is 32.1. The van der Waals surface area contributed by atoms with E-state index in [-0.39, 0.29) is 13.0 Å². The molecule has 16 heavy (non-hydrogen) atoms. The van der Waals surface area contributed by atoms with Gasteiger partial charge in [0.1, 0.15) is 0 Å². The van der Waals surface area contributed by atoms with Crippen LogP contribution in [0.3, 0.4) is 0 Å². The molecule has 1 atom stereocenters. The van der Waals surface area contributed by atoms with Crippen LogP contribution in [0.4, 0.5) is 0 Å². The molecule has 0 radical (unpaired) electrons. The number of ether oxygens (including phenoxy) is 1. The first-order chi connectivity index (χ1) is 7.50. The fraction of sp³-hybridized carbons (Fsp3) is 0.455. The summed E-state index contributed by atoms with van der Waals surface area (Å²) in [6.07, 6.45) is 0.166. The largest absolute Gasteiger partial charge is 0.480 e. The summed E-state index contributed by atoms with van der Waals surface area (Å²) in [5.41, 5.74) is -1.50. The molecule has 0 amide bonds. The number of carbonyl (C=O) groups excluding carboxylic acids is 1. The third-order valence-corrected chi connectivity index (χ3v) is 3.18. The Hall–Kier alpha value is -1.36. The van der Waals surface area contributed by atoms with Crippen LogP contribution in [0.1, 0.15) is 18.7 Å². The van der Waals surface area contributed by atoms with E-state index in [0.29, 0.717) is 0 Å². The van der Waals surface area contributed by atoms with Crippen LogP contribution in [-0.4, -0.2) is 23.7 Å². The maximum atomic E-state index is 11.6. The van der Waals surface area contributed by atoms with Crippen molar-refractivity contribution in [2.75, 3.05) is 6.61 Å². The van der Waals surface area contributed by atoms with E-state index < -0.39 is 17.4 Å². The van der Waals surface area contributed by atoms with E-state index in [9.17, 15) is 9.59 Å². The van der Waals surface area contributed by atoms with E-state index in [4.69, 9.17) is 9.84 Å². The normalized spacial score (nSPS) is 14.1. The lowest BCUT2D eigenvalue weighted by Gasteiger charge is -2.21. The zero-order valence-corrected chi connectivity index (χ0v) is 10.0. The first kappa shape index (κ1) is 12.7. The standard InChI is InChI=1S/C11H14O4S/c1-3-15-10(14)11(2,9(12)13)7-8-5-4-6-16-8/h4-6H,3,7H2,1-2H3,(H,12,13). The second-order valence-electron chi connectivity index (χ2n) is 3.61. The topological polar surface area (TPSA) is 63.6 Å². The molecule has 1 aromatic rings. The van der Waals surface area contributed by atoms with Gasteiger partial charge in [0.15, 0.2) is 5.41 Å². The van der Waals surface area contributed by atoms with Crippen molar-refractivity contribution in [1.82, 2.24) is 0 Å². The highest BCUT2D eigenvalue weighted by Crippen LogP contribution is 2.27. The molecule has 0 spiro atoms. The molecule has 0 saturated carbocycles. The predicted molar refractivity (Wildman–Crippen MR) is 60.4 cm³/mol. The van der Waals surface area contributed by atoms with E-state index >= 15 is 0 Å². The number of carboxylic acids is 1. The molecular weight excluding hydrogens is 228 g/mol. The number of rotatable bonds is 5. The Kier molecular flexibility index (Phi) is 4.06. The number of hydrogen-bond acceptors (Lipinski definition) is 4. The maximum Gasteiger partial charge on any atom is 0.323 e. The van der Waals surface area contributed by atoms with Crippen molar-refractivity contribution in [1.29, 1.82) is 0 Å². The van der Waals surface area contributed by atoms with Gasteiger partial charge in [-0.2, -0.15) is 0 Å². The molecule has 0 aliphatic carbocycles. The lowest BCUT2D eigenvalue weighted by atomic mass is 9.86. The minimum atomic E-state index is -1.50. The zero-order chi connectivity index (χ0) is 12.2. The maximum absolute atomic E-state index is 11.6. The SMILES string of the molecule is CCOC(=O)C(C)(Cc1cccs1)C(=O)O. The van der Waals surface area contributed by atoms with Crippen LogP contribution in [0.2, 0.25) is 0 Å². The molecule has 1 aromatic heterocycles. The van der Waals surface area contributed by atoms with Gasteiger partial charge in [0, 0.05) is 11.3 Å².